The summed E-state index contributed by atoms with van der Waals surface area (Å²) in [4.78, 5) is 14.9. The van der Waals surface area contributed by atoms with Gasteiger partial charge in [-0.3, -0.25) is 4.79 Å². The minimum Gasteiger partial charge on any atom is -0.322 e. The highest BCUT2D eigenvalue weighted by molar-refractivity contribution is 6.04. The van der Waals surface area contributed by atoms with Crippen molar-refractivity contribution in [2.24, 2.45) is 0 Å². The fourth-order valence-electron chi connectivity index (χ4n) is 2.31. The Balaban J connectivity index is 1.93. The Morgan fingerprint density at radius 2 is 1.70 bits per heavy atom. The van der Waals surface area contributed by atoms with E-state index < -0.39 is 17.8 Å². The number of carbonyl (C=O) groups is 1. The van der Waals surface area contributed by atoms with Crippen LogP contribution in [-0.2, 0) is 6.42 Å². The monoisotopic (exact) mass is 318 g/mol. The molecule has 1 aromatic carbocycles. The molecule has 1 heterocycles. The summed E-state index contributed by atoms with van der Waals surface area (Å²) in [6.45, 7) is 2.18. The van der Waals surface area contributed by atoms with Crippen LogP contribution < -0.4 is 5.32 Å². The summed E-state index contributed by atoms with van der Waals surface area (Å²) in [5.41, 5.74) is 1.70. The molecule has 0 atom stereocenters. The van der Waals surface area contributed by atoms with Gasteiger partial charge in [0.2, 0.25) is 11.9 Å². The molecule has 0 fully saturated rings. The van der Waals surface area contributed by atoms with Gasteiger partial charge in [0.25, 0.3) is 5.91 Å². The number of aryl methyl sites for hydroxylation is 1. The fraction of sp³-hybridized carbons (Fsp3) is 0.333. The van der Waals surface area contributed by atoms with Gasteiger partial charge in [0.05, 0.1) is 0 Å². The minimum atomic E-state index is -1.02. The molecule has 0 aliphatic carbocycles. The normalized spacial score (nSPS) is 10.6. The van der Waals surface area contributed by atoms with Crippen molar-refractivity contribution >= 4 is 11.6 Å². The number of nitrogens with zero attached hydrogens (tertiary/aromatic N) is 1. The molecule has 23 heavy (non-hydrogen) atoms. The molecule has 0 spiro atoms. The summed E-state index contributed by atoms with van der Waals surface area (Å²) in [6, 6.07) is 9.30. The second-order valence-corrected chi connectivity index (χ2v) is 5.46. The summed E-state index contributed by atoms with van der Waals surface area (Å²) in [5.74, 6) is -2.60. The molecular weight excluding hydrogens is 298 g/mol. The van der Waals surface area contributed by atoms with Gasteiger partial charge in [-0.25, -0.2) is 0 Å². The van der Waals surface area contributed by atoms with E-state index in [9.17, 15) is 13.6 Å². The number of hydrogen-bond donors (Lipinski definition) is 1. The molecule has 0 unspecified atom stereocenters. The number of halogens is 2. The standard InChI is InChI=1S/C18H20F2N2O/c1-2-3-4-5-6-13-7-9-15(10-8-13)21-18(23)14-11-16(19)22-17(20)12-14/h7-12H,2-6H2,1H3,(H,21,23). The van der Waals surface area contributed by atoms with Crippen LogP contribution in [0.25, 0.3) is 0 Å². The highest BCUT2D eigenvalue weighted by atomic mass is 19.1. The molecule has 1 aromatic heterocycles. The molecule has 2 rings (SSSR count). The molecule has 3 nitrogen and oxygen atoms in total. The molecule has 122 valence electrons. The summed E-state index contributed by atoms with van der Waals surface area (Å²) in [6.07, 6.45) is 5.83. The number of nitrogens with one attached hydrogen (secondary N) is 1. The quantitative estimate of drug-likeness (QED) is 0.592. The first-order valence-corrected chi connectivity index (χ1v) is 7.82. The molecule has 1 amide bonds. The number of benzene rings is 1. The van der Waals surface area contributed by atoms with Crippen molar-refractivity contribution in [1.82, 2.24) is 4.98 Å². The van der Waals surface area contributed by atoms with Crippen LogP contribution in [0.2, 0.25) is 0 Å². The molecular formula is C18H20F2N2O. The van der Waals surface area contributed by atoms with E-state index in [1.54, 1.807) is 12.1 Å². The highest BCUT2D eigenvalue weighted by Crippen LogP contribution is 2.14. The Hall–Kier alpha value is -2.30. The van der Waals surface area contributed by atoms with Gasteiger partial charge in [-0.2, -0.15) is 13.8 Å². The van der Waals surface area contributed by atoms with Gasteiger partial charge < -0.3 is 5.32 Å². The Bertz CT molecular complexity index is 636. The van der Waals surface area contributed by atoms with E-state index in [1.807, 2.05) is 12.1 Å². The van der Waals surface area contributed by atoms with Crippen LogP contribution in [0.5, 0.6) is 0 Å². The lowest BCUT2D eigenvalue weighted by Gasteiger charge is -2.07. The first-order chi connectivity index (χ1) is 11.1. The fourth-order valence-corrected chi connectivity index (χ4v) is 2.31. The van der Waals surface area contributed by atoms with Crippen LogP contribution in [0.1, 0.15) is 48.5 Å². The van der Waals surface area contributed by atoms with Crippen molar-refractivity contribution in [2.45, 2.75) is 39.0 Å². The topological polar surface area (TPSA) is 42.0 Å². The van der Waals surface area contributed by atoms with Crippen LogP contribution >= 0.6 is 0 Å². The van der Waals surface area contributed by atoms with Gasteiger partial charge in [-0.1, -0.05) is 38.3 Å². The summed E-state index contributed by atoms with van der Waals surface area (Å²) < 4.78 is 26.0. The van der Waals surface area contributed by atoms with Crippen molar-refractivity contribution in [1.29, 1.82) is 0 Å². The van der Waals surface area contributed by atoms with Crippen LogP contribution in [0.4, 0.5) is 14.5 Å². The summed E-state index contributed by atoms with van der Waals surface area (Å²) >= 11 is 0. The van der Waals surface area contributed by atoms with Gasteiger partial charge in [-0.05, 0) is 30.5 Å². The first kappa shape index (κ1) is 17.1. The molecule has 5 heteroatoms. The van der Waals surface area contributed by atoms with E-state index in [0.29, 0.717) is 5.69 Å². The zero-order valence-corrected chi connectivity index (χ0v) is 13.1. The third-order valence-corrected chi connectivity index (χ3v) is 3.56. The molecule has 0 saturated carbocycles. The third kappa shape index (κ3) is 5.43. The van der Waals surface area contributed by atoms with E-state index in [4.69, 9.17) is 0 Å². The minimum absolute atomic E-state index is 0.0985. The number of rotatable bonds is 7. The van der Waals surface area contributed by atoms with E-state index >= 15 is 0 Å². The van der Waals surface area contributed by atoms with Crippen molar-refractivity contribution in [3.63, 3.8) is 0 Å². The number of anilines is 1. The number of amides is 1. The smallest absolute Gasteiger partial charge is 0.255 e. The molecule has 0 saturated heterocycles. The van der Waals surface area contributed by atoms with Crippen molar-refractivity contribution in [3.05, 3.63) is 59.4 Å². The lowest BCUT2D eigenvalue weighted by atomic mass is 10.1. The zero-order valence-electron chi connectivity index (χ0n) is 13.1. The van der Waals surface area contributed by atoms with Gasteiger partial charge in [0.1, 0.15) is 0 Å². The van der Waals surface area contributed by atoms with E-state index in [-0.39, 0.29) is 5.56 Å². The molecule has 0 bridgehead atoms. The number of hydrogen-bond acceptors (Lipinski definition) is 2. The lowest BCUT2D eigenvalue weighted by Crippen LogP contribution is -2.13. The average Bonchev–Trinajstić information content (AvgIpc) is 2.52. The van der Waals surface area contributed by atoms with Crippen LogP contribution in [0, 0.1) is 11.9 Å². The molecule has 2 aromatic rings. The number of carbonyl (C=O) groups excluding carboxylic acids is 1. The largest absolute Gasteiger partial charge is 0.322 e. The second-order valence-electron chi connectivity index (χ2n) is 5.46. The summed E-state index contributed by atoms with van der Waals surface area (Å²) in [7, 11) is 0. The van der Waals surface area contributed by atoms with Crippen LogP contribution in [-0.4, -0.2) is 10.9 Å². The SMILES string of the molecule is CCCCCCc1ccc(NC(=O)c2cc(F)nc(F)c2)cc1. The number of aromatic nitrogens is 1. The van der Waals surface area contributed by atoms with E-state index in [0.717, 1.165) is 25.0 Å². The molecule has 0 radical (unpaired) electrons. The molecule has 0 aliphatic rings. The summed E-state index contributed by atoms with van der Waals surface area (Å²) in [5, 5.41) is 2.62. The van der Waals surface area contributed by atoms with Gasteiger partial charge in [0, 0.05) is 23.4 Å². The Morgan fingerprint density at radius 1 is 1.04 bits per heavy atom. The predicted molar refractivity (Wildman–Crippen MR) is 86.4 cm³/mol. The van der Waals surface area contributed by atoms with Crippen LogP contribution in [0.3, 0.4) is 0 Å². The highest BCUT2D eigenvalue weighted by Gasteiger charge is 2.10. The van der Waals surface area contributed by atoms with Gasteiger partial charge in [0.15, 0.2) is 0 Å². The predicted octanol–water partition coefficient (Wildman–Crippen LogP) is 4.73. The van der Waals surface area contributed by atoms with E-state index in [2.05, 4.69) is 17.2 Å². The molecule has 0 aliphatic heterocycles. The molecule has 1 N–H and O–H groups in total. The maximum Gasteiger partial charge on any atom is 0.255 e. The number of pyridine rings is 1. The number of unbranched alkanes of at least 4 members (excludes halogenated alkanes) is 3. The van der Waals surface area contributed by atoms with Gasteiger partial charge >= 0.3 is 0 Å². The lowest BCUT2D eigenvalue weighted by molar-refractivity contribution is 0.102. The van der Waals surface area contributed by atoms with Crippen molar-refractivity contribution in [3.8, 4) is 0 Å². The zero-order chi connectivity index (χ0) is 16.7. The second kappa shape index (κ2) is 8.36. The van der Waals surface area contributed by atoms with E-state index in [1.165, 1.54) is 24.8 Å². The Morgan fingerprint density at radius 3 is 2.30 bits per heavy atom. The average molecular weight is 318 g/mol. The first-order valence-electron chi connectivity index (χ1n) is 7.82. The maximum absolute atomic E-state index is 13.0. The Kier molecular flexibility index (Phi) is 6.20. The van der Waals surface area contributed by atoms with Crippen molar-refractivity contribution in [2.75, 3.05) is 5.32 Å². The van der Waals surface area contributed by atoms with Crippen molar-refractivity contribution < 1.29 is 13.6 Å². The van der Waals surface area contributed by atoms with Crippen LogP contribution in [0.15, 0.2) is 36.4 Å². The third-order valence-electron chi connectivity index (χ3n) is 3.56. The van der Waals surface area contributed by atoms with Gasteiger partial charge in [-0.15, -0.1) is 0 Å². The Labute approximate surface area is 134 Å². The maximum atomic E-state index is 13.0.